The molecule has 3 aromatic carbocycles. The van der Waals surface area contributed by atoms with Gasteiger partial charge in [0.15, 0.2) is 5.79 Å². The van der Waals surface area contributed by atoms with Gasteiger partial charge in [-0.05, 0) is 48.2 Å². The molecule has 0 aromatic heterocycles. The van der Waals surface area contributed by atoms with E-state index in [9.17, 15) is 14.4 Å². The lowest BCUT2D eigenvalue weighted by Crippen LogP contribution is -2.54. The van der Waals surface area contributed by atoms with E-state index in [0.717, 1.165) is 27.8 Å². The molecule has 0 saturated carbocycles. The predicted octanol–water partition coefficient (Wildman–Crippen LogP) is 3.80. The van der Waals surface area contributed by atoms with E-state index in [4.69, 9.17) is 9.47 Å². The van der Waals surface area contributed by atoms with Crippen molar-refractivity contribution in [2.75, 3.05) is 18.1 Å². The molecule has 2 atom stereocenters. The molecule has 2 aliphatic heterocycles. The number of hydrogen-bond donors (Lipinski definition) is 1. The van der Waals surface area contributed by atoms with Crippen molar-refractivity contribution in [1.29, 1.82) is 0 Å². The summed E-state index contributed by atoms with van der Waals surface area (Å²) >= 11 is 0. The Morgan fingerprint density at radius 2 is 1.55 bits per heavy atom. The predicted molar refractivity (Wildman–Crippen MR) is 148 cm³/mol. The average molecular weight is 536 g/mol. The van der Waals surface area contributed by atoms with Crippen LogP contribution in [0.5, 0.6) is 0 Å². The molecule has 3 aromatic rings. The molecule has 3 amide bonds. The molecule has 3 aliphatic carbocycles. The number of nitrogens with zero attached hydrogens (tertiary/aromatic N) is 2. The molecule has 2 saturated heterocycles. The molecule has 202 valence electrons. The molecule has 0 radical (unpaired) electrons. The van der Waals surface area contributed by atoms with Crippen LogP contribution in [-0.4, -0.2) is 42.9 Å². The van der Waals surface area contributed by atoms with E-state index in [1.165, 1.54) is 4.90 Å². The van der Waals surface area contributed by atoms with Crippen molar-refractivity contribution < 1.29 is 23.9 Å². The number of carbonyl (C=O) groups excluding carboxylic acids is 3. The van der Waals surface area contributed by atoms with Crippen molar-refractivity contribution in [2.45, 2.75) is 37.4 Å². The van der Waals surface area contributed by atoms with Crippen LogP contribution in [-0.2, 0) is 29.3 Å². The second kappa shape index (κ2) is 8.94. The highest BCUT2D eigenvalue weighted by Gasteiger charge is 2.68. The largest absolute Gasteiger partial charge is 0.347 e. The summed E-state index contributed by atoms with van der Waals surface area (Å²) in [5, 5.41) is 4.45. The lowest BCUT2D eigenvalue weighted by molar-refractivity contribution is -0.159. The van der Waals surface area contributed by atoms with Gasteiger partial charge in [0.2, 0.25) is 17.7 Å². The Morgan fingerprint density at radius 1 is 0.950 bits per heavy atom. The minimum absolute atomic E-state index is 0.0166. The van der Waals surface area contributed by atoms with Crippen molar-refractivity contribution in [3.05, 3.63) is 101 Å². The van der Waals surface area contributed by atoms with Crippen LogP contribution in [0.1, 0.15) is 47.1 Å². The number of carbonyl (C=O) groups is 3. The molecule has 8 rings (SSSR count). The molecule has 8 nitrogen and oxygen atoms in total. The van der Waals surface area contributed by atoms with Gasteiger partial charge in [0, 0.05) is 12.1 Å². The Balaban J connectivity index is 1.35. The van der Waals surface area contributed by atoms with Gasteiger partial charge in [-0.3, -0.25) is 14.4 Å². The van der Waals surface area contributed by atoms with E-state index in [1.807, 2.05) is 79.7 Å². The molecule has 1 N–H and O–H groups in total. The maximum Gasteiger partial charge on any atom is 0.245 e. The molecule has 2 heterocycles. The minimum atomic E-state index is -1.05. The van der Waals surface area contributed by atoms with Crippen LogP contribution >= 0.6 is 0 Å². The third-order valence-corrected chi connectivity index (χ3v) is 8.81. The zero-order valence-corrected chi connectivity index (χ0v) is 22.3. The maximum absolute atomic E-state index is 14.3. The first-order valence-electron chi connectivity index (χ1n) is 13.6. The lowest BCUT2D eigenvalue weighted by atomic mass is 9.47. The van der Waals surface area contributed by atoms with E-state index in [2.05, 4.69) is 10.5 Å². The second-order valence-corrected chi connectivity index (χ2v) is 11.2. The quantitative estimate of drug-likeness (QED) is 0.305. The van der Waals surface area contributed by atoms with Gasteiger partial charge in [-0.1, -0.05) is 66.2 Å². The second-order valence-electron chi connectivity index (χ2n) is 11.2. The fourth-order valence-corrected chi connectivity index (χ4v) is 7.19. The number of amides is 3. The van der Waals surface area contributed by atoms with Crippen molar-refractivity contribution >= 4 is 29.6 Å². The van der Waals surface area contributed by atoms with Gasteiger partial charge in [0.1, 0.15) is 0 Å². The van der Waals surface area contributed by atoms with Gasteiger partial charge in [0.05, 0.1) is 42.6 Å². The molecule has 40 heavy (non-hydrogen) atoms. The minimum Gasteiger partial charge on any atom is -0.347 e. The summed E-state index contributed by atoms with van der Waals surface area (Å²) in [5.74, 6) is -3.40. The number of nitrogens with one attached hydrogen (secondary N) is 1. The van der Waals surface area contributed by atoms with Gasteiger partial charge in [-0.15, -0.1) is 0 Å². The highest BCUT2D eigenvalue weighted by Crippen LogP contribution is 2.63. The molecule has 2 unspecified atom stereocenters. The van der Waals surface area contributed by atoms with E-state index in [0.29, 0.717) is 18.9 Å². The fourth-order valence-electron chi connectivity index (χ4n) is 7.19. The summed E-state index contributed by atoms with van der Waals surface area (Å²) in [4.78, 5) is 42.7. The van der Waals surface area contributed by atoms with Gasteiger partial charge in [-0.25, -0.2) is 10.3 Å². The SMILES string of the molecule is Cc1ccc(N2C(=O)C3C4c5ccccc5C(/C=N/NC(=O)CC5(C)OCCO5)(c5ccccc54)C3C2=O)cc1. The Morgan fingerprint density at radius 3 is 2.17 bits per heavy atom. The number of imide groups is 1. The van der Waals surface area contributed by atoms with Crippen LogP contribution in [0, 0.1) is 18.8 Å². The molecular weight excluding hydrogens is 506 g/mol. The maximum atomic E-state index is 14.3. The van der Waals surface area contributed by atoms with Crippen LogP contribution < -0.4 is 10.3 Å². The van der Waals surface area contributed by atoms with Crippen LogP contribution in [0.4, 0.5) is 5.69 Å². The highest BCUT2D eigenvalue weighted by molar-refractivity contribution is 6.25. The smallest absolute Gasteiger partial charge is 0.245 e. The zero-order chi connectivity index (χ0) is 27.6. The number of hydrazone groups is 1. The summed E-state index contributed by atoms with van der Waals surface area (Å²) in [6, 6.07) is 23.4. The number of anilines is 1. The Kier molecular flexibility index (Phi) is 5.56. The number of aryl methyl sites for hydroxylation is 1. The molecular formula is C32H29N3O5. The molecule has 8 heteroatoms. The molecule has 5 aliphatic rings. The van der Waals surface area contributed by atoms with E-state index in [1.54, 1.807) is 13.1 Å². The van der Waals surface area contributed by atoms with Crippen molar-refractivity contribution in [3.8, 4) is 0 Å². The van der Waals surface area contributed by atoms with E-state index in [-0.39, 0.29) is 30.1 Å². The highest BCUT2D eigenvalue weighted by atomic mass is 16.7. The van der Waals surface area contributed by atoms with E-state index < -0.39 is 23.0 Å². The standard InChI is InChI=1S/C32H29N3O5/c1-19-11-13-20(14-12-19)35-29(37)27-26-21-7-3-5-9-23(21)32(28(27)30(35)38,24-10-6-4-8-22(24)26)18-33-34-25(36)17-31(2)39-15-16-40-31/h3-14,18,26-28H,15-17H2,1-2H3,(H,34,36)/b33-18+. The summed E-state index contributed by atoms with van der Waals surface area (Å²) in [5.41, 5.74) is 7.07. The third kappa shape index (κ3) is 3.46. The topological polar surface area (TPSA) is 97.3 Å². The van der Waals surface area contributed by atoms with Crippen LogP contribution in [0.15, 0.2) is 77.9 Å². The number of ether oxygens (including phenoxy) is 2. The van der Waals surface area contributed by atoms with Crippen molar-refractivity contribution in [3.63, 3.8) is 0 Å². The van der Waals surface area contributed by atoms with Gasteiger partial charge >= 0.3 is 0 Å². The van der Waals surface area contributed by atoms with Crippen LogP contribution in [0.2, 0.25) is 0 Å². The average Bonchev–Trinajstić information content (AvgIpc) is 3.50. The first kappa shape index (κ1) is 24.9. The van der Waals surface area contributed by atoms with Crippen molar-refractivity contribution in [2.24, 2.45) is 16.9 Å². The summed E-state index contributed by atoms with van der Waals surface area (Å²) in [6.45, 7) is 4.56. The summed E-state index contributed by atoms with van der Waals surface area (Å²) in [7, 11) is 0. The Bertz CT molecular complexity index is 1530. The number of rotatable bonds is 5. The third-order valence-electron chi connectivity index (χ3n) is 8.81. The molecule has 0 spiro atoms. The first-order chi connectivity index (χ1) is 19.3. The van der Waals surface area contributed by atoms with Crippen molar-refractivity contribution in [1.82, 2.24) is 5.43 Å². The monoisotopic (exact) mass is 535 g/mol. The lowest BCUT2D eigenvalue weighted by Gasteiger charge is -2.52. The first-order valence-corrected chi connectivity index (χ1v) is 13.6. The summed E-state index contributed by atoms with van der Waals surface area (Å²) in [6.07, 6.45) is 1.65. The Labute approximate surface area is 232 Å². The summed E-state index contributed by atoms with van der Waals surface area (Å²) < 4.78 is 11.1. The van der Waals surface area contributed by atoms with Gasteiger partial charge in [-0.2, -0.15) is 5.10 Å². The van der Waals surface area contributed by atoms with Gasteiger partial charge in [0.25, 0.3) is 0 Å². The van der Waals surface area contributed by atoms with Gasteiger partial charge < -0.3 is 9.47 Å². The number of hydrogen-bond acceptors (Lipinski definition) is 6. The van der Waals surface area contributed by atoms with E-state index >= 15 is 0 Å². The molecule has 2 bridgehead atoms. The Hall–Kier alpha value is -4.14. The fraction of sp³-hybridized carbons (Fsp3) is 0.312. The number of benzene rings is 3. The zero-order valence-electron chi connectivity index (χ0n) is 22.3. The molecule has 2 fully saturated rings. The van der Waals surface area contributed by atoms with Crippen LogP contribution in [0.25, 0.3) is 0 Å². The normalized spacial score (nSPS) is 27.6. The van der Waals surface area contributed by atoms with Crippen LogP contribution in [0.3, 0.4) is 0 Å².